The molecule has 114 valence electrons. The Balaban J connectivity index is 1.57. The normalized spacial score (nSPS) is 22.9. The van der Waals surface area contributed by atoms with Crippen molar-refractivity contribution in [1.29, 1.82) is 0 Å². The summed E-state index contributed by atoms with van der Waals surface area (Å²) in [5.74, 6) is 1.07. The van der Waals surface area contributed by atoms with E-state index in [2.05, 4.69) is 20.5 Å². The SMILES string of the molecule is O=C(Nc1ccc(N2CCCCC2)nc1)[C@@H]1CCCCN1. The fourth-order valence-electron chi connectivity index (χ4n) is 3.08. The van der Waals surface area contributed by atoms with E-state index in [4.69, 9.17) is 0 Å². The molecule has 1 aromatic rings. The number of anilines is 2. The Labute approximate surface area is 126 Å². The highest BCUT2D eigenvalue weighted by Crippen LogP contribution is 2.19. The van der Waals surface area contributed by atoms with Crippen LogP contribution in [-0.2, 0) is 4.79 Å². The van der Waals surface area contributed by atoms with E-state index in [0.29, 0.717) is 0 Å². The first-order valence-electron chi connectivity index (χ1n) is 8.08. The minimum absolute atomic E-state index is 0.0551. The average molecular weight is 288 g/mol. The van der Waals surface area contributed by atoms with Crippen LogP contribution in [0.4, 0.5) is 11.5 Å². The number of hydrogen-bond acceptors (Lipinski definition) is 4. The third-order valence-electron chi connectivity index (χ3n) is 4.32. The van der Waals surface area contributed by atoms with Crippen molar-refractivity contribution in [2.24, 2.45) is 0 Å². The van der Waals surface area contributed by atoms with Crippen LogP contribution in [0.25, 0.3) is 0 Å². The molecule has 3 heterocycles. The quantitative estimate of drug-likeness (QED) is 0.895. The van der Waals surface area contributed by atoms with Gasteiger partial charge in [0.05, 0.1) is 17.9 Å². The average Bonchev–Trinajstić information content (AvgIpc) is 2.57. The summed E-state index contributed by atoms with van der Waals surface area (Å²) >= 11 is 0. The number of carbonyl (C=O) groups excluding carboxylic acids is 1. The number of nitrogens with one attached hydrogen (secondary N) is 2. The highest BCUT2D eigenvalue weighted by atomic mass is 16.2. The third kappa shape index (κ3) is 3.73. The van der Waals surface area contributed by atoms with Gasteiger partial charge in [-0.3, -0.25) is 4.79 Å². The van der Waals surface area contributed by atoms with Crippen LogP contribution < -0.4 is 15.5 Å². The van der Waals surface area contributed by atoms with Gasteiger partial charge in [-0.05, 0) is 50.8 Å². The maximum Gasteiger partial charge on any atom is 0.241 e. The fourth-order valence-corrected chi connectivity index (χ4v) is 3.08. The highest BCUT2D eigenvalue weighted by Gasteiger charge is 2.20. The lowest BCUT2D eigenvalue weighted by Crippen LogP contribution is -2.43. The fraction of sp³-hybridized carbons (Fsp3) is 0.625. The van der Waals surface area contributed by atoms with Crippen molar-refractivity contribution in [3.8, 4) is 0 Å². The Morgan fingerprint density at radius 3 is 2.71 bits per heavy atom. The van der Waals surface area contributed by atoms with Gasteiger partial charge >= 0.3 is 0 Å². The molecule has 3 rings (SSSR count). The monoisotopic (exact) mass is 288 g/mol. The second-order valence-electron chi connectivity index (χ2n) is 5.94. The minimum Gasteiger partial charge on any atom is -0.357 e. The van der Waals surface area contributed by atoms with Crippen molar-refractivity contribution in [3.05, 3.63) is 18.3 Å². The Hall–Kier alpha value is -1.62. The van der Waals surface area contributed by atoms with Crippen LogP contribution in [-0.4, -0.2) is 36.6 Å². The Morgan fingerprint density at radius 1 is 1.19 bits per heavy atom. The van der Waals surface area contributed by atoms with Crippen LogP contribution in [0.3, 0.4) is 0 Å². The van der Waals surface area contributed by atoms with Crippen LogP contribution in [0.1, 0.15) is 38.5 Å². The number of piperidine rings is 2. The van der Waals surface area contributed by atoms with Crippen molar-refractivity contribution in [1.82, 2.24) is 10.3 Å². The van der Waals surface area contributed by atoms with Crippen LogP contribution in [0.5, 0.6) is 0 Å². The molecular weight excluding hydrogens is 264 g/mol. The molecule has 5 nitrogen and oxygen atoms in total. The minimum atomic E-state index is -0.0551. The molecule has 2 aliphatic heterocycles. The van der Waals surface area contributed by atoms with Crippen LogP contribution >= 0.6 is 0 Å². The predicted octanol–water partition coefficient (Wildman–Crippen LogP) is 2.15. The zero-order valence-corrected chi connectivity index (χ0v) is 12.5. The van der Waals surface area contributed by atoms with Crippen molar-refractivity contribution in [2.75, 3.05) is 29.9 Å². The number of rotatable bonds is 3. The van der Waals surface area contributed by atoms with E-state index >= 15 is 0 Å². The van der Waals surface area contributed by atoms with Gasteiger partial charge in [0, 0.05) is 13.1 Å². The van der Waals surface area contributed by atoms with Crippen LogP contribution in [0.2, 0.25) is 0 Å². The molecule has 21 heavy (non-hydrogen) atoms. The lowest BCUT2D eigenvalue weighted by Gasteiger charge is -2.27. The van der Waals surface area contributed by atoms with Gasteiger partial charge in [-0.25, -0.2) is 4.98 Å². The van der Waals surface area contributed by atoms with Gasteiger partial charge in [0.15, 0.2) is 0 Å². The molecule has 0 spiro atoms. The summed E-state index contributed by atoms with van der Waals surface area (Å²) in [6.07, 6.45) is 8.78. The summed E-state index contributed by atoms with van der Waals surface area (Å²) < 4.78 is 0. The lowest BCUT2D eigenvalue weighted by atomic mass is 10.0. The standard InChI is InChI=1S/C16H24N4O/c21-16(14-6-2-3-9-17-14)19-13-7-8-15(18-12-13)20-10-4-1-5-11-20/h7-8,12,14,17H,1-6,9-11H2,(H,19,21)/t14-/m0/s1. The molecule has 1 atom stereocenters. The summed E-state index contributed by atoms with van der Waals surface area (Å²) in [4.78, 5) is 19.0. The van der Waals surface area contributed by atoms with Gasteiger partial charge in [0.2, 0.25) is 5.91 Å². The van der Waals surface area contributed by atoms with E-state index in [9.17, 15) is 4.79 Å². The summed E-state index contributed by atoms with van der Waals surface area (Å²) in [5, 5.41) is 6.22. The molecule has 2 N–H and O–H groups in total. The predicted molar refractivity (Wildman–Crippen MR) is 84.6 cm³/mol. The maximum absolute atomic E-state index is 12.1. The lowest BCUT2D eigenvalue weighted by molar-refractivity contribution is -0.118. The molecule has 2 fully saturated rings. The molecule has 2 saturated heterocycles. The smallest absolute Gasteiger partial charge is 0.241 e. The van der Waals surface area contributed by atoms with Crippen molar-refractivity contribution in [2.45, 2.75) is 44.6 Å². The number of nitrogens with zero attached hydrogens (tertiary/aromatic N) is 2. The molecule has 0 bridgehead atoms. The summed E-state index contributed by atoms with van der Waals surface area (Å²) in [6, 6.07) is 3.91. The highest BCUT2D eigenvalue weighted by molar-refractivity contribution is 5.94. The number of aromatic nitrogens is 1. The van der Waals surface area contributed by atoms with E-state index in [-0.39, 0.29) is 11.9 Å². The van der Waals surface area contributed by atoms with Gasteiger partial charge in [0.25, 0.3) is 0 Å². The van der Waals surface area contributed by atoms with Crippen molar-refractivity contribution < 1.29 is 4.79 Å². The largest absolute Gasteiger partial charge is 0.357 e. The molecule has 0 saturated carbocycles. The summed E-state index contributed by atoms with van der Waals surface area (Å²) in [6.45, 7) is 3.11. The molecular formula is C16H24N4O. The number of pyridine rings is 1. The van der Waals surface area contributed by atoms with Crippen molar-refractivity contribution in [3.63, 3.8) is 0 Å². The third-order valence-corrected chi connectivity index (χ3v) is 4.32. The zero-order valence-electron chi connectivity index (χ0n) is 12.5. The maximum atomic E-state index is 12.1. The van der Waals surface area contributed by atoms with Gasteiger partial charge in [0.1, 0.15) is 5.82 Å². The first-order valence-corrected chi connectivity index (χ1v) is 8.08. The molecule has 5 heteroatoms. The van der Waals surface area contributed by atoms with Crippen LogP contribution in [0.15, 0.2) is 18.3 Å². The zero-order chi connectivity index (χ0) is 14.5. The topological polar surface area (TPSA) is 57.3 Å². The molecule has 0 radical (unpaired) electrons. The molecule has 0 unspecified atom stereocenters. The van der Waals surface area contributed by atoms with E-state index in [1.807, 2.05) is 12.1 Å². The van der Waals surface area contributed by atoms with E-state index in [0.717, 1.165) is 50.4 Å². The summed E-state index contributed by atoms with van der Waals surface area (Å²) in [7, 11) is 0. The first kappa shape index (κ1) is 14.3. The molecule has 1 aromatic heterocycles. The Kier molecular flexibility index (Phi) is 4.70. The summed E-state index contributed by atoms with van der Waals surface area (Å²) in [5.41, 5.74) is 0.785. The van der Waals surface area contributed by atoms with Gasteiger partial charge < -0.3 is 15.5 Å². The molecule has 0 aliphatic carbocycles. The molecule has 0 aromatic carbocycles. The van der Waals surface area contributed by atoms with Gasteiger partial charge in [-0.1, -0.05) is 6.42 Å². The first-order chi connectivity index (χ1) is 10.3. The molecule has 2 aliphatic rings. The Morgan fingerprint density at radius 2 is 2.05 bits per heavy atom. The van der Waals surface area contributed by atoms with Gasteiger partial charge in [-0.2, -0.15) is 0 Å². The second kappa shape index (κ2) is 6.89. The number of amides is 1. The second-order valence-corrected chi connectivity index (χ2v) is 5.94. The van der Waals surface area contributed by atoms with Crippen molar-refractivity contribution >= 4 is 17.4 Å². The van der Waals surface area contributed by atoms with E-state index < -0.39 is 0 Å². The van der Waals surface area contributed by atoms with Crippen LogP contribution in [0, 0.1) is 0 Å². The molecule has 1 amide bonds. The number of hydrogen-bond donors (Lipinski definition) is 2. The van der Waals surface area contributed by atoms with E-state index in [1.165, 1.54) is 19.3 Å². The Bertz CT molecular complexity index is 462. The van der Waals surface area contributed by atoms with Gasteiger partial charge in [-0.15, -0.1) is 0 Å². The number of carbonyl (C=O) groups is 1. The van der Waals surface area contributed by atoms with E-state index in [1.54, 1.807) is 6.20 Å².